The van der Waals surface area contributed by atoms with E-state index >= 15 is 0 Å². The smallest absolute Gasteiger partial charge is 0.274 e. The number of aryl methyl sites for hydroxylation is 1. The number of carbonyl (C=O) groups excluding carboxylic acids is 1. The Hall–Kier alpha value is -2.19. The number of carbonyl (C=O) groups is 1. The second kappa shape index (κ2) is 7.33. The fraction of sp³-hybridized carbons (Fsp3) is 0.650. The molecule has 1 unspecified atom stereocenters. The molecule has 0 radical (unpaired) electrons. The molecule has 0 aromatic carbocycles. The zero-order valence-electron chi connectivity index (χ0n) is 16.5. The van der Waals surface area contributed by atoms with Gasteiger partial charge in [0.1, 0.15) is 17.3 Å². The highest BCUT2D eigenvalue weighted by Crippen LogP contribution is 2.20. The van der Waals surface area contributed by atoms with Gasteiger partial charge in [-0.05, 0) is 19.3 Å². The van der Waals surface area contributed by atoms with Crippen LogP contribution in [-0.2, 0) is 30.7 Å². The van der Waals surface area contributed by atoms with Gasteiger partial charge in [-0.15, -0.1) is 0 Å². The van der Waals surface area contributed by atoms with Crippen LogP contribution in [0.3, 0.4) is 0 Å². The van der Waals surface area contributed by atoms with Gasteiger partial charge >= 0.3 is 0 Å². The number of nitrogens with zero attached hydrogens (tertiary/aromatic N) is 5. The second-order valence-electron chi connectivity index (χ2n) is 8.24. The van der Waals surface area contributed by atoms with Crippen LogP contribution in [0, 0.1) is 12.8 Å². The van der Waals surface area contributed by atoms with Gasteiger partial charge in [-0.2, -0.15) is 0 Å². The van der Waals surface area contributed by atoms with E-state index in [0.29, 0.717) is 24.7 Å². The molecule has 1 fully saturated rings. The zero-order chi connectivity index (χ0) is 19.1. The molecule has 1 N–H and O–H groups in total. The number of ether oxygens (including phenoxy) is 1. The minimum Gasteiger partial charge on any atom is -0.381 e. The topological polar surface area (TPSA) is 79.3 Å². The third kappa shape index (κ3) is 3.46. The van der Waals surface area contributed by atoms with Crippen LogP contribution in [0.4, 0.5) is 0 Å². The maximum atomic E-state index is 13.0. The SMILES string of the molecule is Cc1nc2c([nH]1)CN(C(=O)c1cn3c(n1)CCN(CC1CCOC1)CC3)CC2. The number of rotatable bonds is 3. The third-order valence-electron chi connectivity index (χ3n) is 6.16. The number of hydrogen-bond acceptors (Lipinski definition) is 5. The van der Waals surface area contributed by atoms with Crippen molar-refractivity contribution in [1.29, 1.82) is 0 Å². The molecule has 3 aliphatic rings. The summed E-state index contributed by atoms with van der Waals surface area (Å²) in [5, 5.41) is 0. The van der Waals surface area contributed by atoms with Crippen LogP contribution in [0.5, 0.6) is 0 Å². The summed E-state index contributed by atoms with van der Waals surface area (Å²) in [4.78, 5) is 29.9. The van der Waals surface area contributed by atoms with E-state index in [1.165, 1.54) is 6.42 Å². The van der Waals surface area contributed by atoms with E-state index in [0.717, 1.165) is 75.3 Å². The van der Waals surface area contributed by atoms with Crippen LogP contribution in [-0.4, -0.2) is 74.6 Å². The molecule has 1 saturated heterocycles. The van der Waals surface area contributed by atoms with Crippen molar-refractivity contribution >= 4 is 5.91 Å². The largest absolute Gasteiger partial charge is 0.381 e. The fourth-order valence-corrected chi connectivity index (χ4v) is 4.62. The summed E-state index contributed by atoms with van der Waals surface area (Å²) in [7, 11) is 0. The lowest BCUT2D eigenvalue weighted by molar-refractivity contribution is 0.0726. The Bertz CT molecular complexity index is 841. The number of aromatic amines is 1. The first-order valence-corrected chi connectivity index (χ1v) is 10.4. The number of imidazole rings is 2. The summed E-state index contributed by atoms with van der Waals surface area (Å²) in [6, 6.07) is 0. The second-order valence-corrected chi connectivity index (χ2v) is 8.24. The maximum Gasteiger partial charge on any atom is 0.274 e. The molecule has 5 rings (SSSR count). The quantitative estimate of drug-likeness (QED) is 0.854. The van der Waals surface area contributed by atoms with E-state index in [1.54, 1.807) is 0 Å². The van der Waals surface area contributed by atoms with Crippen molar-refractivity contribution in [1.82, 2.24) is 29.3 Å². The average molecular weight is 384 g/mol. The number of fused-ring (bicyclic) bond motifs is 2. The first-order chi connectivity index (χ1) is 13.7. The van der Waals surface area contributed by atoms with Gasteiger partial charge in [0, 0.05) is 58.4 Å². The highest BCUT2D eigenvalue weighted by atomic mass is 16.5. The molecule has 150 valence electrons. The van der Waals surface area contributed by atoms with Crippen molar-refractivity contribution in [2.75, 3.05) is 39.4 Å². The Morgan fingerprint density at radius 2 is 2.18 bits per heavy atom. The molecule has 3 aliphatic heterocycles. The minimum absolute atomic E-state index is 0.0263. The Labute approximate surface area is 164 Å². The molecule has 0 aliphatic carbocycles. The molecule has 0 bridgehead atoms. The molecular formula is C20H28N6O2. The Kier molecular flexibility index (Phi) is 4.68. The van der Waals surface area contributed by atoms with Crippen molar-refractivity contribution in [3.8, 4) is 0 Å². The predicted molar refractivity (Wildman–Crippen MR) is 103 cm³/mol. The van der Waals surface area contributed by atoms with Crippen molar-refractivity contribution < 1.29 is 9.53 Å². The van der Waals surface area contributed by atoms with Crippen LogP contribution in [0.15, 0.2) is 6.20 Å². The first-order valence-electron chi connectivity index (χ1n) is 10.4. The summed E-state index contributed by atoms with van der Waals surface area (Å²) in [6.45, 7) is 9.07. The summed E-state index contributed by atoms with van der Waals surface area (Å²) >= 11 is 0. The molecule has 8 nitrogen and oxygen atoms in total. The van der Waals surface area contributed by atoms with Crippen molar-refractivity contribution in [3.05, 3.63) is 34.9 Å². The minimum atomic E-state index is 0.0263. The normalized spacial score (nSPS) is 22.8. The molecular weight excluding hydrogens is 356 g/mol. The van der Waals surface area contributed by atoms with Crippen LogP contribution < -0.4 is 0 Å². The van der Waals surface area contributed by atoms with E-state index in [9.17, 15) is 4.79 Å². The summed E-state index contributed by atoms with van der Waals surface area (Å²) in [5.74, 6) is 2.64. The van der Waals surface area contributed by atoms with Crippen molar-refractivity contribution in [3.63, 3.8) is 0 Å². The lowest BCUT2D eigenvalue weighted by Gasteiger charge is -2.25. The monoisotopic (exact) mass is 384 g/mol. The van der Waals surface area contributed by atoms with Crippen molar-refractivity contribution in [2.45, 2.75) is 39.3 Å². The number of hydrogen-bond donors (Lipinski definition) is 1. The third-order valence-corrected chi connectivity index (χ3v) is 6.16. The molecule has 5 heterocycles. The lowest BCUT2D eigenvalue weighted by atomic mass is 10.1. The molecule has 28 heavy (non-hydrogen) atoms. The van der Waals surface area contributed by atoms with Gasteiger partial charge in [-0.3, -0.25) is 4.79 Å². The Balaban J connectivity index is 1.23. The van der Waals surface area contributed by atoms with Gasteiger partial charge < -0.3 is 24.1 Å². The summed E-state index contributed by atoms with van der Waals surface area (Å²) in [5.41, 5.74) is 2.73. The Morgan fingerprint density at radius 3 is 3.04 bits per heavy atom. The average Bonchev–Trinajstić information content (AvgIpc) is 3.39. The maximum absolute atomic E-state index is 13.0. The number of nitrogens with one attached hydrogen (secondary N) is 1. The van der Waals surface area contributed by atoms with Gasteiger partial charge in [-0.1, -0.05) is 0 Å². The predicted octanol–water partition coefficient (Wildman–Crippen LogP) is 1.01. The van der Waals surface area contributed by atoms with Crippen LogP contribution in [0.1, 0.15) is 39.9 Å². The zero-order valence-corrected chi connectivity index (χ0v) is 16.5. The molecule has 1 amide bonds. The number of H-pyrrole nitrogens is 1. The molecule has 0 spiro atoms. The van der Waals surface area contributed by atoms with E-state index in [2.05, 4.69) is 19.4 Å². The van der Waals surface area contributed by atoms with E-state index in [-0.39, 0.29) is 5.91 Å². The molecule has 8 heteroatoms. The van der Waals surface area contributed by atoms with Gasteiger partial charge in [0.05, 0.1) is 24.5 Å². The molecule has 2 aromatic heterocycles. The standard InChI is InChI=1S/C20H28N6O2/c1-14-21-16-2-6-26(11-17(16)22-14)20(27)18-12-25-8-7-24(5-3-19(25)23-18)10-15-4-9-28-13-15/h12,15H,2-11,13H2,1H3,(H,21,22). The van der Waals surface area contributed by atoms with Gasteiger partial charge in [0.25, 0.3) is 5.91 Å². The van der Waals surface area contributed by atoms with Gasteiger partial charge in [0.2, 0.25) is 0 Å². The van der Waals surface area contributed by atoms with Crippen LogP contribution in [0.2, 0.25) is 0 Å². The first kappa shape index (κ1) is 17.9. The molecule has 2 aromatic rings. The van der Waals surface area contributed by atoms with Crippen LogP contribution in [0.25, 0.3) is 0 Å². The highest BCUT2D eigenvalue weighted by Gasteiger charge is 2.27. The summed E-state index contributed by atoms with van der Waals surface area (Å²) in [6.07, 6.45) is 4.82. The van der Waals surface area contributed by atoms with E-state index in [1.807, 2.05) is 18.0 Å². The van der Waals surface area contributed by atoms with Gasteiger partial charge in [0.15, 0.2) is 0 Å². The Morgan fingerprint density at radius 1 is 1.25 bits per heavy atom. The van der Waals surface area contributed by atoms with Crippen LogP contribution >= 0.6 is 0 Å². The fourth-order valence-electron chi connectivity index (χ4n) is 4.62. The van der Waals surface area contributed by atoms with Gasteiger partial charge in [-0.25, -0.2) is 9.97 Å². The highest BCUT2D eigenvalue weighted by molar-refractivity contribution is 5.92. The van der Waals surface area contributed by atoms with E-state index < -0.39 is 0 Å². The summed E-state index contributed by atoms with van der Waals surface area (Å²) < 4.78 is 7.68. The molecule has 0 saturated carbocycles. The lowest BCUT2D eigenvalue weighted by Crippen LogP contribution is -2.36. The number of aromatic nitrogens is 4. The van der Waals surface area contributed by atoms with Crippen molar-refractivity contribution in [2.24, 2.45) is 5.92 Å². The van der Waals surface area contributed by atoms with E-state index in [4.69, 9.17) is 9.72 Å². The molecule has 1 atom stereocenters. The number of amides is 1.